The van der Waals surface area contributed by atoms with Crippen LogP contribution in [-0.2, 0) is 4.79 Å². The van der Waals surface area contributed by atoms with Gasteiger partial charge in [-0.3, -0.25) is 14.9 Å². The minimum Gasteiger partial charge on any atom is -0.328 e. The van der Waals surface area contributed by atoms with Crippen LogP contribution in [0.5, 0.6) is 0 Å². The number of nitro benzene ring substituents is 1. The van der Waals surface area contributed by atoms with Crippen molar-refractivity contribution >= 4 is 17.8 Å². The lowest BCUT2D eigenvalue weighted by molar-refractivity contribution is -0.385. The summed E-state index contributed by atoms with van der Waals surface area (Å²) < 4.78 is 0. The van der Waals surface area contributed by atoms with Crippen LogP contribution < -0.4 is 5.32 Å². The van der Waals surface area contributed by atoms with E-state index < -0.39 is 4.92 Å². The average Bonchev–Trinajstić information content (AvgIpc) is 2.21. The van der Waals surface area contributed by atoms with Gasteiger partial charge in [-0.05, 0) is 19.1 Å². The molecular formula is C10H8N2O3. The van der Waals surface area contributed by atoms with Crippen molar-refractivity contribution in [2.75, 3.05) is 5.32 Å². The van der Waals surface area contributed by atoms with Gasteiger partial charge in [-0.15, -0.1) is 5.92 Å². The van der Waals surface area contributed by atoms with Crippen LogP contribution >= 0.6 is 0 Å². The van der Waals surface area contributed by atoms with E-state index in [1.807, 2.05) is 0 Å². The summed E-state index contributed by atoms with van der Waals surface area (Å²) in [6.07, 6.45) is 0.463. The smallest absolute Gasteiger partial charge is 0.287 e. The Morgan fingerprint density at radius 2 is 2.27 bits per heavy atom. The number of amides is 1. The molecule has 1 aromatic carbocycles. The van der Waals surface area contributed by atoms with Crippen molar-refractivity contribution in [1.29, 1.82) is 0 Å². The summed E-state index contributed by atoms with van der Waals surface area (Å²) in [6, 6.07) is 4.33. The van der Waals surface area contributed by atoms with Gasteiger partial charge in [0.25, 0.3) is 5.69 Å². The Hall–Kier alpha value is -2.35. The molecule has 0 spiro atoms. The van der Waals surface area contributed by atoms with Gasteiger partial charge in [-0.1, -0.05) is 5.92 Å². The van der Waals surface area contributed by atoms with E-state index in [4.69, 9.17) is 0 Å². The highest BCUT2D eigenvalue weighted by Gasteiger charge is 2.12. The Morgan fingerprint density at radius 3 is 2.80 bits per heavy atom. The molecule has 0 atom stereocenters. The first-order valence-corrected chi connectivity index (χ1v) is 4.10. The molecule has 0 aliphatic carbocycles. The quantitative estimate of drug-likeness (QED) is 0.351. The Labute approximate surface area is 86.3 Å². The molecule has 0 heterocycles. The lowest BCUT2D eigenvalue weighted by Crippen LogP contribution is -1.97. The third kappa shape index (κ3) is 2.54. The van der Waals surface area contributed by atoms with Crippen LogP contribution in [0.3, 0.4) is 0 Å². The number of carbonyl (C=O) groups is 1. The van der Waals surface area contributed by atoms with Gasteiger partial charge in [-0.25, -0.2) is 0 Å². The highest BCUT2D eigenvalue weighted by molar-refractivity contribution is 5.73. The van der Waals surface area contributed by atoms with E-state index in [-0.39, 0.29) is 5.69 Å². The predicted molar refractivity (Wildman–Crippen MR) is 55.3 cm³/mol. The normalized spacial score (nSPS) is 8.60. The van der Waals surface area contributed by atoms with Gasteiger partial charge in [-0.2, -0.15) is 0 Å². The Balaban J connectivity index is 3.24. The molecule has 0 radical (unpaired) electrons. The molecule has 0 unspecified atom stereocenters. The minimum atomic E-state index is -0.532. The van der Waals surface area contributed by atoms with Crippen LogP contribution in [0.25, 0.3) is 0 Å². The van der Waals surface area contributed by atoms with E-state index in [0.717, 1.165) is 0 Å². The molecule has 5 nitrogen and oxygen atoms in total. The van der Waals surface area contributed by atoms with Gasteiger partial charge < -0.3 is 5.32 Å². The van der Waals surface area contributed by atoms with Crippen LogP contribution in [0.4, 0.5) is 11.4 Å². The molecule has 15 heavy (non-hydrogen) atoms. The zero-order valence-corrected chi connectivity index (χ0v) is 7.98. The third-order valence-corrected chi connectivity index (χ3v) is 1.68. The van der Waals surface area contributed by atoms with Crippen LogP contribution in [0.1, 0.15) is 12.5 Å². The monoisotopic (exact) mass is 204 g/mol. The van der Waals surface area contributed by atoms with E-state index in [0.29, 0.717) is 17.7 Å². The average molecular weight is 204 g/mol. The van der Waals surface area contributed by atoms with Crippen molar-refractivity contribution in [3.8, 4) is 11.8 Å². The molecule has 76 valence electrons. The molecule has 5 heteroatoms. The number of benzene rings is 1. The summed E-state index contributed by atoms with van der Waals surface area (Å²) in [7, 11) is 0. The molecule has 0 bridgehead atoms. The SMILES string of the molecule is CC#Cc1ccc(NC=O)cc1[N+](=O)[O-]. The summed E-state index contributed by atoms with van der Waals surface area (Å²) in [6.45, 7) is 1.60. The summed E-state index contributed by atoms with van der Waals surface area (Å²) in [5.41, 5.74) is 0.591. The number of nitro groups is 1. The maximum Gasteiger partial charge on any atom is 0.287 e. The number of nitrogens with one attached hydrogen (secondary N) is 1. The van der Waals surface area contributed by atoms with Crippen molar-refractivity contribution in [3.63, 3.8) is 0 Å². The molecule has 0 aromatic heterocycles. The molecule has 1 amide bonds. The van der Waals surface area contributed by atoms with Crippen LogP contribution in [0.15, 0.2) is 18.2 Å². The molecule has 0 aliphatic rings. The lowest BCUT2D eigenvalue weighted by Gasteiger charge is -1.99. The van der Waals surface area contributed by atoms with Crippen molar-refractivity contribution in [1.82, 2.24) is 0 Å². The third-order valence-electron chi connectivity index (χ3n) is 1.68. The number of rotatable bonds is 3. The highest BCUT2D eigenvalue weighted by Crippen LogP contribution is 2.22. The van der Waals surface area contributed by atoms with Crippen LogP contribution in [-0.4, -0.2) is 11.3 Å². The molecule has 1 N–H and O–H groups in total. The van der Waals surface area contributed by atoms with Crippen molar-refractivity contribution in [2.24, 2.45) is 0 Å². The second-order valence-corrected chi connectivity index (χ2v) is 2.63. The fraction of sp³-hybridized carbons (Fsp3) is 0.100. The van der Waals surface area contributed by atoms with Crippen LogP contribution in [0, 0.1) is 22.0 Å². The number of anilines is 1. The molecule has 0 aliphatic heterocycles. The maximum atomic E-state index is 10.7. The number of carbonyl (C=O) groups excluding carboxylic acids is 1. The number of hydrogen-bond acceptors (Lipinski definition) is 3. The van der Waals surface area contributed by atoms with Crippen LogP contribution in [0.2, 0.25) is 0 Å². The Morgan fingerprint density at radius 1 is 1.53 bits per heavy atom. The van der Waals surface area contributed by atoms with Crippen molar-refractivity contribution in [3.05, 3.63) is 33.9 Å². The van der Waals surface area contributed by atoms with Gasteiger partial charge in [0.15, 0.2) is 0 Å². The zero-order valence-electron chi connectivity index (χ0n) is 7.98. The second kappa shape index (κ2) is 4.77. The molecule has 0 fully saturated rings. The van der Waals surface area contributed by atoms with Gasteiger partial charge >= 0.3 is 0 Å². The molecule has 1 aromatic rings. The summed E-state index contributed by atoms with van der Waals surface area (Å²) >= 11 is 0. The highest BCUT2D eigenvalue weighted by atomic mass is 16.6. The van der Waals surface area contributed by atoms with E-state index >= 15 is 0 Å². The van der Waals surface area contributed by atoms with E-state index in [1.165, 1.54) is 12.1 Å². The molecule has 0 saturated carbocycles. The summed E-state index contributed by atoms with van der Waals surface area (Å²) in [5, 5.41) is 13.0. The topological polar surface area (TPSA) is 72.2 Å². The lowest BCUT2D eigenvalue weighted by atomic mass is 10.1. The van der Waals surface area contributed by atoms with Crippen molar-refractivity contribution in [2.45, 2.75) is 6.92 Å². The first-order valence-electron chi connectivity index (χ1n) is 4.10. The number of nitrogens with zero attached hydrogens (tertiary/aromatic N) is 1. The van der Waals surface area contributed by atoms with E-state index in [1.54, 1.807) is 13.0 Å². The summed E-state index contributed by atoms with van der Waals surface area (Å²) in [5.74, 6) is 5.21. The molecule has 0 saturated heterocycles. The Bertz CT molecular complexity index is 457. The zero-order chi connectivity index (χ0) is 11.3. The molecular weight excluding hydrogens is 196 g/mol. The van der Waals surface area contributed by atoms with E-state index in [9.17, 15) is 14.9 Å². The number of hydrogen-bond donors (Lipinski definition) is 1. The first-order chi connectivity index (χ1) is 7.19. The summed E-state index contributed by atoms with van der Waals surface area (Å²) in [4.78, 5) is 20.3. The first kappa shape index (κ1) is 10.7. The van der Waals surface area contributed by atoms with Gasteiger partial charge in [0.1, 0.15) is 5.56 Å². The predicted octanol–water partition coefficient (Wildman–Crippen LogP) is 1.53. The van der Waals surface area contributed by atoms with Crippen molar-refractivity contribution < 1.29 is 9.72 Å². The largest absolute Gasteiger partial charge is 0.328 e. The second-order valence-electron chi connectivity index (χ2n) is 2.63. The minimum absolute atomic E-state index is 0.115. The van der Waals surface area contributed by atoms with Gasteiger partial charge in [0.05, 0.1) is 4.92 Å². The molecule has 1 rings (SSSR count). The standard InChI is InChI=1S/C10H8N2O3/c1-2-3-8-4-5-9(11-7-13)6-10(8)12(14)15/h4-7H,1H3,(H,11,13). The fourth-order valence-electron chi connectivity index (χ4n) is 1.08. The Kier molecular flexibility index (Phi) is 3.41. The van der Waals surface area contributed by atoms with Gasteiger partial charge in [0.2, 0.25) is 6.41 Å². The van der Waals surface area contributed by atoms with E-state index in [2.05, 4.69) is 17.2 Å². The fourth-order valence-corrected chi connectivity index (χ4v) is 1.08. The van der Waals surface area contributed by atoms with Gasteiger partial charge in [0, 0.05) is 11.8 Å². The maximum absolute atomic E-state index is 10.7.